The van der Waals surface area contributed by atoms with Gasteiger partial charge >= 0.3 is 0 Å². The molecule has 0 spiro atoms. The smallest absolute Gasteiger partial charge is 0.262 e. The van der Waals surface area contributed by atoms with Crippen LogP contribution < -0.4 is 9.80 Å². The van der Waals surface area contributed by atoms with Gasteiger partial charge in [0.25, 0.3) is 5.91 Å². The van der Waals surface area contributed by atoms with E-state index in [0.29, 0.717) is 10.0 Å². The van der Waals surface area contributed by atoms with Gasteiger partial charge in [-0.05, 0) is 51.3 Å². The molecule has 0 aliphatic carbocycles. The van der Waals surface area contributed by atoms with Gasteiger partial charge in [-0.15, -0.1) is 0 Å². The summed E-state index contributed by atoms with van der Waals surface area (Å²) in [6.07, 6.45) is -0.940. The van der Waals surface area contributed by atoms with Crippen LogP contribution in [0.15, 0.2) is 77.3 Å². The number of hydroxylamine groups is 1. The third kappa shape index (κ3) is 3.65. The van der Waals surface area contributed by atoms with Crippen LogP contribution in [-0.2, 0) is 21.0 Å². The van der Waals surface area contributed by atoms with Crippen LogP contribution in [0.2, 0.25) is 0 Å². The molecule has 0 unspecified atom stereocenters. The first-order valence-corrected chi connectivity index (χ1v) is 11.3. The van der Waals surface area contributed by atoms with E-state index in [1.54, 1.807) is 17.2 Å². The van der Waals surface area contributed by atoms with Crippen LogP contribution in [0.3, 0.4) is 0 Å². The predicted octanol–water partition coefficient (Wildman–Crippen LogP) is 4.21. The lowest BCUT2D eigenvalue weighted by Gasteiger charge is -2.29. The molecule has 8 heteroatoms. The third-order valence-corrected chi connectivity index (χ3v) is 6.62. The number of amides is 2. The Morgan fingerprint density at radius 2 is 1.67 bits per heavy atom. The Morgan fingerprint density at radius 1 is 1.00 bits per heavy atom. The average molecular weight is 509 g/mol. The van der Waals surface area contributed by atoms with Crippen molar-refractivity contribution >= 4 is 33.4 Å². The zero-order chi connectivity index (χ0) is 23.1. The number of para-hydroxylation sites is 1. The van der Waals surface area contributed by atoms with E-state index in [4.69, 9.17) is 9.57 Å². The summed E-state index contributed by atoms with van der Waals surface area (Å²) in [6, 6.07) is 21.5. The van der Waals surface area contributed by atoms with E-state index in [1.165, 1.54) is 12.0 Å². The van der Waals surface area contributed by atoms with Crippen molar-refractivity contribution in [2.75, 3.05) is 12.2 Å². The fourth-order valence-electron chi connectivity index (χ4n) is 4.45. The zero-order valence-corrected chi connectivity index (χ0v) is 19.3. The molecule has 0 bridgehead atoms. The molecular weight excluding hydrogens is 488 g/mol. The second-order valence-electron chi connectivity index (χ2n) is 7.96. The summed E-state index contributed by atoms with van der Waals surface area (Å²) in [6.45, 7) is 0.190. The molecule has 33 heavy (non-hydrogen) atoms. The number of phenolic OH excluding ortho intramolecular Hbond substituents is 1. The number of likely N-dealkylation sites (tertiary alicyclic amines) is 1. The highest BCUT2D eigenvalue weighted by Gasteiger charge is 2.59. The summed E-state index contributed by atoms with van der Waals surface area (Å²) >= 11 is 3.37. The number of phenols is 1. The number of aromatic hydroxyl groups is 1. The molecule has 2 aliphatic rings. The van der Waals surface area contributed by atoms with Crippen LogP contribution in [-0.4, -0.2) is 35.0 Å². The summed E-state index contributed by atoms with van der Waals surface area (Å²) in [5.41, 5.74) is 2.26. The van der Waals surface area contributed by atoms with Gasteiger partial charge in [0.1, 0.15) is 5.92 Å². The Hall–Kier alpha value is -3.36. The number of methoxy groups -OCH3 is 1. The van der Waals surface area contributed by atoms with Gasteiger partial charge in [0, 0.05) is 0 Å². The number of ether oxygens (including phenoxy) is 1. The number of benzene rings is 3. The summed E-state index contributed by atoms with van der Waals surface area (Å²) in [5, 5.41) is 11.9. The van der Waals surface area contributed by atoms with Gasteiger partial charge in [-0.1, -0.05) is 48.5 Å². The zero-order valence-electron chi connectivity index (χ0n) is 17.7. The Bertz CT molecular complexity index is 1200. The molecule has 3 aromatic carbocycles. The van der Waals surface area contributed by atoms with E-state index < -0.39 is 18.1 Å². The van der Waals surface area contributed by atoms with Crippen molar-refractivity contribution in [3.8, 4) is 11.5 Å². The fourth-order valence-corrected chi connectivity index (χ4v) is 4.91. The molecule has 2 aliphatic heterocycles. The van der Waals surface area contributed by atoms with Crippen molar-refractivity contribution in [2.24, 2.45) is 5.92 Å². The maximum Gasteiger partial charge on any atom is 0.262 e. The molecular formula is C25H21BrN2O5. The van der Waals surface area contributed by atoms with Crippen LogP contribution in [0, 0.1) is 5.92 Å². The van der Waals surface area contributed by atoms with Crippen molar-refractivity contribution in [1.29, 1.82) is 0 Å². The molecule has 168 valence electrons. The number of carbonyl (C=O) groups is 2. The molecule has 2 fully saturated rings. The van der Waals surface area contributed by atoms with Crippen LogP contribution in [0.5, 0.6) is 11.5 Å². The molecule has 3 atom stereocenters. The Labute approximate surface area is 199 Å². The molecule has 0 saturated carbocycles. The number of rotatable bonds is 5. The first-order valence-electron chi connectivity index (χ1n) is 10.5. The number of hydrogen-bond donors (Lipinski definition) is 1. The second kappa shape index (κ2) is 8.53. The molecule has 2 saturated heterocycles. The SMILES string of the molecule is COc1cc([C@@H]2[C@@H]3C(=O)N(Cc4ccccc4)C(=O)[C@@H]3ON2c2ccccc2)cc(Br)c1O. The fraction of sp³-hybridized carbons (Fsp3) is 0.200. The lowest BCUT2D eigenvalue weighted by atomic mass is 9.90. The minimum absolute atomic E-state index is 0.0393. The van der Waals surface area contributed by atoms with E-state index in [1.807, 2.05) is 60.7 Å². The monoisotopic (exact) mass is 508 g/mol. The minimum atomic E-state index is -0.940. The topological polar surface area (TPSA) is 79.3 Å². The van der Waals surface area contributed by atoms with Crippen LogP contribution >= 0.6 is 15.9 Å². The molecule has 2 amide bonds. The summed E-state index contributed by atoms with van der Waals surface area (Å²) < 4.78 is 5.75. The van der Waals surface area contributed by atoms with Gasteiger partial charge in [0.05, 0.1) is 29.9 Å². The molecule has 7 nitrogen and oxygen atoms in total. The highest BCUT2D eigenvalue weighted by Crippen LogP contribution is 2.49. The molecule has 2 heterocycles. The number of nitrogens with zero attached hydrogens (tertiary/aromatic N) is 2. The first-order chi connectivity index (χ1) is 16.0. The highest BCUT2D eigenvalue weighted by atomic mass is 79.9. The van der Waals surface area contributed by atoms with E-state index in [-0.39, 0.29) is 29.9 Å². The lowest BCUT2D eigenvalue weighted by Crippen LogP contribution is -2.36. The van der Waals surface area contributed by atoms with Crippen LogP contribution in [0.25, 0.3) is 0 Å². The number of hydrogen-bond acceptors (Lipinski definition) is 6. The first kappa shape index (κ1) is 21.5. The van der Waals surface area contributed by atoms with Gasteiger partial charge in [-0.2, -0.15) is 0 Å². The van der Waals surface area contributed by atoms with E-state index in [0.717, 1.165) is 11.3 Å². The number of carbonyl (C=O) groups excluding carboxylic acids is 2. The maximum absolute atomic E-state index is 13.6. The van der Waals surface area contributed by atoms with Crippen molar-refractivity contribution < 1.29 is 24.3 Å². The van der Waals surface area contributed by atoms with Gasteiger partial charge in [0.2, 0.25) is 5.91 Å². The molecule has 0 radical (unpaired) electrons. The van der Waals surface area contributed by atoms with Crippen molar-refractivity contribution in [3.05, 3.63) is 88.4 Å². The number of fused-ring (bicyclic) bond motifs is 1. The maximum atomic E-state index is 13.6. The summed E-state index contributed by atoms with van der Waals surface area (Å²) in [4.78, 5) is 34.3. The third-order valence-electron chi connectivity index (χ3n) is 6.01. The normalized spacial score (nSPS) is 22.1. The Balaban J connectivity index is 1.57. The van der Waals surface area contributed by atoms with E-state index in [2.05, 4.69) is 15.9 Å². The van der Waals surface area contributed by atoms with Crippen LogP contribution in [0.4, 0.5) is 5.69 Å². The number of imide groups is 1. The van der Waals surface area contributed by atoms with Crippen molar-refractivity contribution in [3.63, 3.8) is 0 Å². The standard InChI is InChI=1S/C25H21BrN2O5/c1-32-19-13-16(12-18(26)22(19)29)21-20-23(33-28(21)17-10-6-3-7-11-17)25(31)27(24(20)30)14-15-8-4-2-5-9-15/h2-13,20-21,23,29H,14H2,1H3/t20-,21+,23+/m0/s1. The Morgan fingerprint density at radius 3 is 2.33 bits per heavy atom. The second-order valence-corrected chi connectivity index (χ2v) is 8.81. The quantitative estimate of drug-likeness (QED) is 0.520. The summed E-state index contributed by atoms with van der Waals surface area (Å²) in [5.74, 6) is -1.18. The van der Waals surface area contributed by atoms with Crippen molar-refractivity contribution in [1.82, 2.24) is 4.90 Å². The molecule has 3 aromatic rings. The highest BCUT2D eigenvalue weighted by molar-refractivity contribution is 9.10. The largest absolute Gasteiger partial charge is 0.503 e. The molecule has 5 rings (SSSR count). The van der Waals surface area contributed by atoms with Crippen LogP contribution in [0.1, 0.15) is 17.2 Å². The average Bonchev–Trinajstić information content (AvgIpc) is 3.34. The van der Waals surface area contributed by atoms with Gasteiger partial charge in [-0.3, -0.25) is 19.3 Å². The van der Waals surface area contributed by atoms with E-state index in [9.17, 15) is 14.7 Å². The van der Waals surface area contributed by atoms with Crippen molar-refractivity contribution in [2.45, 2.75) is 18.7 Å². The lowest BCUT2D eigenvalue weighted by molar-refractivity contribution is -0.143. The Kier molecular flexibility index (Phi) is 5.55. The minimum Gasteiger partial charge on any atom is -0.503 e. The van der Waals surface area contributed by atoms with Gasteiger partial charge in [-0.25, -0.2) is 5.06 Å². The molecule has 0 aromatic heterocycles. The van der Waals surface area contributed by atoms with Gasteiger partial charge < -0.3 is 9.84 Å². The summed E-state index contributed by atoms with van der Waals surface area (Å²) in [7, 11) is 1.46. The van der Waals surface area contributed by atoms with E-state index >= 15 is 0 Å². The number of anilines is 1. The predicted molar refractivity (Wildman–Crippen MR) is 124 cm³/mol. The molecule has 1 N–H and O–H groups in total. The van der Waals surface area contributed by atoms with Gasteiger partial charge in [0.15, 0.2) is 17.6 Å². The number of halogens is 1.